The van der Waals surface area contributed by atoms with Crippen molar-refractivity contribution in [3.63, 3.8) is 0 Å². The van der Waals surface area contributed by atoms with E-state index in [0.717, 1.165) is 10.0 Å². The second-order valence-electron chi connectivity index (χ2n) is 7.41. The smallest absolute Gasteiger partial charge is 0.272 e. The van der Waals surface area contributed by atoms with Gasteiger partial charge in [0.2, 0.25) is 0 Å². The van der Waals surface area contributed by atoms with Crippen LogP contribution in [0.25, 0.3) is 10.8 Å². The highest BCUT2D eigenvalue weighted by Crippen LogP contribution is 2.21. The van der Waals surface area contributed by atoms with Gasteiger partial charge in [-0.1, -0.05) is 70.5 Å². The Morgan fingerprint density at radius 1 is 0.941 bits per heavy atom. The summed E-state index contributed by atoms with van der Waals surface area (Å²) in [6.45, 7) is 1.76. The molecule has 34 heavy (non-hydrogen) atoms. The molecule has 0 saturated heterocycles. The molecule has 0 fully saturated rings. The highest BCUT2D eigenvalue weighted by atomic mass is 79.9. The molecule has 1 atom stereocenters. The van der Waals surface area contributed by atoms with Gasteiger partial charge in [0, 0.05) is 21.0 Å². The average Bonchev–Trinajstić information content (AvgIpc) is 2.87. The van der Waals surface area contributed by atoms with Crippen LogP contribution in [0.5, 0.6) is 0 Å². The summed E-state index contributed by atoms with van der Waals surface area (Å²) in [6.07, 6.45) is 0. The summed E-state index contributed by atoms with van der Waals surface area (Å²) in [4.78, 5) is 38.4. The fourth-order valence-electron chi connectivity index (χ4n) is 3.44. The summed E-state index contributed by atoms with van der Waals surface area (Å²) in [5.41, 5.74) is 4.08. The maximum atomic E-state index is 13.3. The summed E-state index contributed by atoms with van der Waals surface area (Å²) in [6, 6.07) is 21.5. The number of carbonyl (C=O) groups is 2. The van der Waals surface area contributed by atoms with Gasteiger partial charge in [0.15, 0.2) is 6.04 Å². The highest BCUT2D eigenvalue weighted by Gasteiger charge is 2.27. The predicted molar refractivity (Wildman–Crippen MR) is 134 cm³/mol. The number of benzene rings is 3. The van der Waals surface area contributed by atoms with E-state index in [1.807, 2.05) is 24.3 Å². The Bertz CT molecular complexity index is 1450. The number of halogens is 1. The SMILES string of the molecule is CC(=NNC(=O)C(NC(=O)c1ccccc1)c1n[nH]c(=O)c2ccccc12)c1ccccc1Br. The fourth-order valence-corrected chi connectivity index (χ4v) is 4.01. The van der Waals surface area contributed by atoms with Crippen molar-refractivity contribution in [2.24, 2.45) is 5.10 Å². The summed E-state index contributed by atoms with van der Waals surface area (Å²) in [7, 11) is 0. The van der Waals surface area contributed by atoms with Crippen molar-refractivity contribution in [2.45, 2.75) is 13.0 Å². The Morgan fingerprint density at radius 3 is 2.32 bits per heavy atom. The number of aromatic nitrogens is 2. The highest BCUT2D eigenvalue weighted by molar-refractivity contribution is 9.10. The minimum atomic E-state index is -1.22. The molecule has 8 nitrogen and oxygen atoms in total. The van der Waals surface area contributed by atoms with Gasteiger partial charge in [0.1, 0.15) is 5.69 Å². The molecule has 4 rings (SSSR count). The molecule has 0 aliphatic carbocycles. The second kappa shape index (κ2) is 10.2. The van der Waals surface area contributed by atoms with E-state index in [0.29, 0.717) is 22.0 Å². The maximum Gasteiger partial charge on any atom is 0.272 e. The lowest BCUT2D eigenvalue weighted by Gasteiger charge is -2.18. The van der Waals surface area contributed by atoms with E-state index in [2.05, 4.69) is 42.0 Å². The number of amides is 2. The Morgan fingerprint density at radius 2 is 1.59 bits per heavy atom. The van der Waals surface area contributed by atoms with Crippen molar-refractivity contribution < 1.29 is 9.59 Å². The van der Waals surface area contributed by atoms with Crippen LogP contribution in [0, 0.1) is 0 Å². The van der Waals surface area contributed by atoms with Crippen LogP contribution < -0.4 is 16.3 Å². The zero-order valence-electron chi connectivity index (χ0n) is 18.1. The first kappa shape index (κ1) is 23.1. The van der Waals surface area contributed by atoms with Crippen LogP contribution >= 0.6 is 15.9 Å². The van der Waals surface area contributed by atoms with E-state index < -0.39 is 23.4 Å². The maximum absolute atomic E-state index is 13.3. The third-order valence-electron chi connectivity index (χ3n) is 5.17. The number of hydrogen-bond donors (Lipinski definition) is 3. The van der Waals surface area contributed by atoms with Crippen molar-refractivity contribution in [3.05, 3.63) is 111 Å². The number of rotatable bonds is 6. The van der Waals surface area contributed by atoms with Crippen molar-refractivity contribution in [2.75, 3.05) is 0 Å². The number of fused-ring (bicyclic) bond motifs is 1. The normalized spacial score (nSPS) is 12.2. The zero-order chi connectivity index (χ0) is 24.1. The largest absolute Gasteiger partial charge is 0.335 e. The molecule has 9 heteroatoms. The lowest BCUT2D eigenvalue weighted by molar-refractivity contribution is -0.123. The quantitative estimate of drug-likeness (QED) is 0.267. The lowest BCUT2D eigenvalue weighted by atomic mass is 10.0. The minimum Gasteiger partial charge on any atom is -0.335 e. The first-order valence-corrected chi connectivity index (χ1v) is 11.2. The van der Waals surface area contributed by atoms with E-state index in [-0.39, 0.29) is 5.69 Å². The van der Waals surface area contributed by atoms with Crippen LogP contribution in [0.2, 0.25) is 0 Å². The topological polar surface area (TPSA) is 116 Å². The van der Waals surface area contributed by atoms with Crippen molar-refractivity contribution in [3.8, 4) is 0 Å². The van der Waals surface area contributed by atoms with Gasteiger partial charge in [0.25, 0.3) is 17.4 Å². The number of hydrogen-bond acceptors (Lipinski definition) is 5. The molecule has 4 aromatic rings. The minimum absolute atomic E-state index is 0.200. The molecule has 2 amide bonds. The van der Waals surface area contributed by atoms with Gasteiger partial charge < -0.3 is 5.32 Å². The molecule has 0 spiro atoms. The summed E-state index contributed by atoms with van der Waals surface area (Å²) < 4.78 is 0.827. The molecule has 3 aromatic carbocycles. The molecule has 3 N–H and O–H groups in total. The Kier molecular flexibility index (Phi) is 6.93. The predicted octanol–water partition coefficient (Wildman–Crippen LogP) is 3.70. The molecule has 1 aromatic heterocycles. The van der Waals surface area contributed by atoms with E-state index in [9.17, 15) is 14.4 Å². The summed E-state index contributed by atoms with van der Waals surface area (Å²) >= 11 is 3.47. The number of hydrazone groups is 1. The Hall–Kier alpha value is -4.11. The first-order valence-electron chi connectivity index (χ1n) is 10.4. The van der Waals surface area contributed by atoms with Gasteiger partial charge in [-0.05, 0) is 31.2 Å². The summed E-state index contributed by atoms with van der Waals surface area (Å²) in [5.74, 6) is -1.08. The van der Waals surface area contributed by atoms with Gasteiger partial charge in [-0.15, -0.1) is 0 Å². The van der Waals surface area contributed by atoms with E-state index in [4.69, 9.17) is 0 Å². The van der Waals surface area contributed by atoms with Crippen LogP contribution in [-0.2, 0) is 4.79 Å². The monoisotopic (exact) mass is 517 g/mol. The third kappa shape index (κ3) is 4.94. The molecule has 0 saturated carbocycles. The third-order valence-corrected chi connectivity index (χ3v) is 5.86. The number of nitrogens with one attached hydrogen (secondary N) is 3. The van der Waals surface area contributed by atoms with Gasteiger partial charge in [-0.3, -0.25) is 14.4 Å². The second-order valence-corrected chi connectivity index (χ2v) is 8.26. The van der Waals surface area contributed by atoms with Gasteiger partial charge in [-0.25, -0.2) is 10.5 Å². The van der Waals surface area contributed by atoms with Crippen LogP contribution in [0.3, 0.4) is 0 Å². The van der Waals surface area contributed by atoms with Crippen LogP contribution in [0.4, 0.5) is 0 Å². The lowest BCUT2D eigenvalue weighted by Crippen LogP contribution is -2.40. The molecule has 1 unspecified atom stereocenters. The standard InChI is InChI=1S/C25H20BrN5O3/c1-15(17-11-7-8-14-20(17)26)28-31-25(34)22(27-23(32)16-9-3-2-4-10-16)21-18-12-5-6-13-19(18)24(33)30-29-21/h2-14,22H,1H3,(H,27,32)(H,30,33)(H,31,34). The van der Waals surface area contributed by atoms with E-state index in [1.165, 1.54) is 0 Å². The van der Waals surface area contributed by atoms with Gasteiger partial charge in [-0.2, -0.15) is 10.2 Å². The Labute approximate surface area is 203 Å². The first-order chi connectivity index (χ1) is 16.5. The molecular weight excluding hydrogens is 498 g/mol. The molecule has 170 valence electrons. The summed E-state index contributed by atoms with van der Waals surface area (Å²) in [5, 5.41) is 14.3. The molecule has 0 aliphatic heterocycles. The number of nitrogens with zero attached hydrogens (tertiary/aromatic N) is 2. The average molecular weight is 518 g/mol. The number of carbonyl (C=O) groups excluding carboxylic acids is 2. The van der Waals surface area contributed by atoms with E-state index in [1.54, 1.807) is 61.5 Å². The van der Waals surface area contributed by atoms with Gasteiger partial charge in [0.05, 0.1) is 11.1 Å². The van der Waals surface area contributed by atoms with Crippen molar-refractivity contribution in [1.29, 1.82) is 0 Å². The number of aromatic amines is 1. The number of H-pyrrole nitrogens is 1. The van der Waals surface area contributed by atoms with E-state index >= 15 is 0 Å². The fraction of sp³-hybridized carbons (Fsp3) is 0.0800. The van der Waals surface area contributed by atoms with Crippen LogP contribution in [0.1, 0.15) is 34.6 Å². The van der Waals surface area contributed by atoms with Crippen molar-refractivity contribution >= 4 is 44.2 Å². The van der Waals surface area contributed by atoms with Crippen LogP contribution in [0.15, 0.2) is 93.2 Å². The van der Waals surface area contributed by atoms with Crippen molar-refractivity contribution in [1.82, 2.24) is 20.9 Å². The Balaban J connectivity index is 1.71. The van der Waals surface area contributed by atoms with Crippen LogP contribution in [-0.4, -0.2) is 27.7 Å². The molecule has 0 bridgehead atoms. The molecule has 1 heterocycles. The molecular formula is C25H20BrN5O3. The van der Waals surface area contributed by atoms with Gasteiger partial charge >= 0.3 is 0 Å². The zero-order valence-corrected chi connectivity index (χ0v) is 19.7. The molecule has 0 aliphatic rings. The molecule has 0 radical (unpaired) electrons.